The molecule has 0 unspecified atom stereocenters. The van der Waals surface area contributed by atoms with Crippen LogP contribution in [0.1, 0.15) is 0 Å². The van der Waals surface area contributed by atoms with Crippen molar-refractivity contribution in [1.82, 2.24) is 20.2 Å². The van der Waals surface area contributed by atoms with Crippen molar-refractivity contribution in [3.05, 3.63) is 0 Å². The zero-order valence-electron chi connectivity index (χ0n) is 8.06. The number of thioether (sulfide) groups is 1. The molecular formula is C6H7F3N4O2S. The highest BCUT2D eigenvalue weighted by Crippen LogP contribution is 2.25. The van der Waals surface area contributed by atoms with Gasteiger partial charge in [-0.05, 0) is 10.4 Å². The van der Waals surface area contributed by atoms with E-state index in [1.807, 2.05) is 0 Å². The number of alkyl halides is 3. The van der Waals surface area contributed by atoms with Gasteiger partial charge in [-0.3, -0.25) is 4.79 Å². The number of nitrogens with zero attached hydrogens (tertiary/aromatic N) is 4. The molecule has 0 aliphatic rings. The summed E-state index contributed by atoms with van der Waals surface area (Å²) < 4.78 is 41.0. The van der Waals surface area contributed by atoms with Crippen molar-refractivity contribution >= 4 is 17.7 Å². The summed E-state index contributed by atoms with van der Waals surface area (Å²) >= 11 is 0.407. The third-order valence-electron chi connectivity index (χ3n) is 1.37. The van der Waals surface area contributed by atoms with Gasteiger partial charge in [0.15, 0.2) is 0 Å². The second kappa shape index (κ2) is 5.14. The van der Waals surface area contributed by atoms with E-state index in [9.17, 15) is 18.0 Å². The lowest BCUT2D eigenvalue weighted by atomic mass is 10.7. The van der Waals surface area contributed by atoms with Crippen LogP contribution in [0.2, 0.25) is 0 Å². The highest BCUT2D eigenvalue weighted by molar-refractivity contribution is 7.99. The zero-order valence-corrected chi connectivity index (χ0v) is 8.88. The van der Waals surface area contributed by atoms with E-state index < -0.39 is 17.9 Å². The van der Waals surface area contributed by atoms with Crippen molar-refractivity contribution < 1.29 is 22.7 Å². The highest BCUT2D eigenvalue weighted by Gasteiger charge is 2.28. The molecule has 0 aliphatic heterocycles. The number of esters is 1. The molecule has 0 N–H and O–H groups in total. The molecule has 6 nitrogen and oxygen atoms in total. The molecule has 0 aliphatic carbocycles. The van der Waals surface area contributed by atoms with Gasteiger partial charge in [0.25, 0.3) is 0 Å². The minimum Gasteiger partial charge on any atom is -0.468 e. The first-order valence-corrected chi connectivity index (χ1v) is 4.93. The van der Waals surface area contributed by atoms with E-state index in [-0.39, 0.29) is 11.7 Å². The molecule has 1 heterocycles. The lowest BCUT2D eigenvalue weighted by Gasteiger charge is -2.05. The molecule has 16 heavy (non-hydrogen) atoms. The summed E-state index contributed by atoms with van der Waals surface area (Å²) in [6, 6.07) is 0. The molecule has 0 amide bonds. The minimum atomic E-state index is -4.31. The van der Waals surface area contributed by atoms with E-state index in [2.05, 4.69) is 20.3 Å². The first-order chi connectivity index (χ1) is 7.42. The Hall–Kier alpha value is -1.32. The molecule has 1 rings (SSSR count). The van der Waals surface area contributed by atoms with Gasteiger partial charge in [0.1, 0.15) is 6.54 Å². The van der Waals surface area contributed by atoms with Crippen LogP contribution in [0.15, 0.2) is 5.16 Å². The second-order valence-corrected chi connectivity index (χ2v) is 3.54. The topological polar surface area (TPSA) is 69.9 Å². The fourth-order valence-electron chi connectivity index (χ4n) is 0.732. The van der Waals surface area contributed by atoms with E-state index >= 15 is 0 Å². The van der Waals surface area contributed by atoms with Crippen LogP contribution in [0.3, 0.4) is 0 Å². The maximum absolute atomic E-state index is 11.9. The van der Waals surface area contributed by atoms with E-state index in [1.165, 1.54) is 0 Å². The van der Waals surface area contributed by atoms with Gasteiger partial charge in [0.05, 0.1) is 12.9 Å². The standard InChI is InChI=1S/C6H7F3N4O2S/c1-15-4(14)2-13-5(10-11-12-13)16-3-6(7,8)9/h2-3H2,1H3. The molecule has 0 bridgehead atoms. The maximum Gasteiger partial charge on any atom is 0.398 e. The summed E-state index contributed by atoms with van der Waals surface area (Å²) in [4.78, 5) is 10.9. The predicted octanol–water partition coefficient (Wildman–Crippen LogP) is 0.500. The van der Waals surface area contributed by atoms with Crippen molar-refractivity contribution in [1.29, 1.82) is 0 Å². The number of ether oxygens (including phenoxy) is 1. The fraction of sp³-hybridized carbons (Fsp3) is 0.667. The monoisotopic (exact) mass is 256 g/mol. The van der Waals surface area contributed by atoms with Crippen molar-refractivity contribution in [3.8, 4) is 0 Å². The molecule has 0 spiro atoms. The third kappa shape index (κ3) is 4.04. The van der Waals surface area contributed by atoms with Crippen LogP contribution in [-0.4, -0.2) is 45.2 Å². The number of tetrazole rings is 1. The largest absolute Gasteiger partial charge is 0.468 e. The molecule has 0 saturated heterocycles. The number of rotatable bonds is 4. The van der Waals surface area contributed by atoms with Gasteiger partial charge in [-0.15, -0.1) is 5.10 Å². The van der Waals surface area contributed by atoms with Gasteiger partial charge < -0.3 is 4.74 Å². The Morgan fingerprint density at radius 1 is 1.56 bits per heavy atom. The van der Waals surface area contributed by atoms with Gasteiger partial charge in [-0.25, -0.2) is 4.68 Å². The number of carbonyl (C=O) groups excluding carboxylic acids is 1. The Bertz CT molecular complexity index is 367. The van der Waals surface area contributed by atoms with Crippen LogP contribution in [0.5, 0.6) is 0 Å². The van der Waals surface area contributed by atoms with Crippen LogP contribution < -0.4 is 0 Å². The fourth-order valence-corrected chi connectivity index (χ4v) is 1.37. The first kappa shape index (κ1) is 12.7. The molecule has 0 fully saturated rings. The summed E-state index contributed by atoms with van der Waals surface area (Å²) in [5, 5.41) is 9.83. The van der Waals surface area contributed by atoms with Crippen molar-refractivity contribution in [3.63, 3.8) is 0 Å². The van der Waals surface area contributed by atoms with Crippen molar-refractivity contribution in [2.75, 3.05) is 12.9 Å². The maximum atomic E-state index is 11.9. The zero-order chi connectivity index (χ0) is 12.2. The second-order valence-electron chi connectivity index (χ2n) is 2.60. The molecule has 0 aromatic carbocycles. The van der Waals surface area contributed by atoms with Crippen molar-refractivity contribution in [2.24, 2.45) is 0 Å². The Kier molecular flexibility index (Phi) is 4.10. The Balaban J connectivity index is 2.60. The smallest absolute Gasteiger partial charge is 0.398 e. The SMILES string of the molecule is COC(=O)Cn1nnnc1SCC(F)(F)F. The van der Waals surface area contributed by atoms with Gasteiger partial charge in [-0.1, -0.05) is 11.8 Å². The molecule has 1 aromatic rings. The molecule has 90 valence electrons. The molecule has 10 heteroatoms. The third-order valence-corrected chi connectivity index (χ3v) is 2.39. The van der Waals surface area contributed by atoms with Crippen LogP contribution in [0, 0.1) is 0 Å². The van der Waals surface area contributed by atoms with Crippen molar-refractivity contribution in [2.45, 2.75) is 17.9 Å². The molecule has 0 radical (unpaired) electrons. The normalized spacial score (nSPS) is 11.5. The van der Waals surface area contributed by atoms with Gasteiger partial charge in [0.2, 0.25) is 5.16 Å². The van der Waals surface area contributed by atoms with E-state index in [1.54, 1.807) is 0 Å². The molecule has 0 atom stereocenters. The number of hydrogen-bond donors (Lipinski definition) is 0. The van der Waals surface area contributed by atoms with E-state index in [4.69, 9.17) is 0 Å². The molecular weight excluding hydrogens is 249 g/mol. The Morgan fingerprint density at radius 3 is 2.81 bits per heavy atom. The van der Waals surface area contributed by atoms with E-state index in [0.717, 1.165) is 11.8 Å². The lowest BCUT2D eigenvalue weighted by molar-refractivity contribution is -0.141. The summed E-state index contributed by atoms with van der Waals surface area (Å²) in [5.41, 5.74) is 0. The van der Waals surface area contributed by atoms with Gasteiger partial charge in [0, 0.05) is 0 Å². The van der Waals surface area contributed by atoms with E-state index in [0.29, 0.717) is 11.8 Å². The van der Waals surface area contributed by atoms with Crippen LogP contribution in [0.25, 0.3) is 0 Å². The first-order valence-electron chi connectivity index (χ1n) is 3.95. The Labute approximate surface area is 92.1 Å². The average Bonchev–Trinajstić information content (AvgIpc) is 2.61. The molecule has 0 saturated carbocycles. The van der Waals surface area contributed by atoms with Gasteiger partial charge in [-0.2, -0.15) is 13.2 Å². The molecule has 1 aromatic heterocycles. The number of methoxy groups -OCH3 is 1. The van der Waals surface area contributed by atoms with Crippen LogP contribution in [0.4, 0.5) is 13.2 Å². The summed E-state index contributed by atoms with van der Waals surface area (Å²) in [7, 11) is 1.16. The summed E-state index contributed by atoms with van der Waals surface area (Å²) in [6.45, 7) is -0.316. The predicted molar refractivity (Wildman–Crippen MR) is 46.6 cm³/mol. The van der Waals surface area contributed by atoms with Crippen LogP contribution in [-0.2, 0) is 16.1 Å². The number of carbonyl (C=O) groups is 1. The summed E-state index contributed by atoms with van der Waals surface area (Å²) in [6.07, 6.45) is -4.31. The number of halogens is 3. The lowest BCUT2D eigenvalue weighted by Crippen LogP contribution is -2.15. The van der Waals surface area contributed by atoms with Gasteiger partial charge >= 0.3 is 12.1 Å². The Morgan fingerprint density at radius 2 is 2.25 bits per heavy atom. The number of hydrogen-bond acceptors (Lipinski definition) is 6. The van der Waals surface area contributed by atoms with Crippen LogP contribution >= 0.6 is 11.8 Å². The minimum absolute atomic E-state index is 0.0808. The summed E-state index contributed by atoms with van der Waals surface area (Å²) in [5.74, 6) is -1.75. The average molecular weight is 256 g/mol. The highest BCUT2D eigenvalue weighted by atomic mass is 32.2. The number of aromatic nitrogens is 4. The quantitative estimate of drug-likeness (QED) is 0.577.